The van der Waals surface area contributed by atoms with Gasteiger partial charge in [0.25, 0.3) is 0 Å². The van der Waals surface area contributed by atoms with Gasteiger partial charge in [-0.05, 0) is 25.3 Å². The first-order valence-electron chi connectivity index (χ1n) is 4.04. The molecule has 10 heavy (non-hydrogen) atoms. The Morgan fingerprint density at radius 1 is 1.40 bits per heavy atom. The second-order valence-corrected chi connectivity index (χ2v) is 2.67. The quantitative estimate of drug-likeness (QED) is 0.613. The topological polar surface area (TPSA) is 35.2 Å². The van der Waals surface area contributed by atoms with Gasteiger partial charge in [-0.1, -0.05) is 13.3 Å². The average molecular weight is 145 g/mol. The molecule has 0 saturated carbocycles. The Bertz CT molecular complexity index is 66.3. The molecule has 0 rings (SSSR count). The standard InChI is InChI=1S/C8H19NO/c1-3-4-8(7-9)5-6-10-2/h8H,3-7,9H2,1-2H3. The molecule has 2 nitrogen and oxygen atoms in total. The fourth-order valence-electron chi connectivity index (χ4n) is 1.07. The summed E-state index contributed by atoms with van der Waals surface area (Å²) < 4.78 is 4.96. The fourth-order valence-corrected chi connectivity index (χ4v) is 1.07. The molecule has 0 saturated heterocycles. The van der Waals surface area contributed by atoms with Crippen LogP contribution in [-0.4, -0.2) is 20.3 Å². The van der Waals surface area contributed by atoms with Gasteiger partial charge < -0.3 is 10.5 Å². The van der Waals surface area contributed by atoms with Crippen LogP contribution in [0.15, 0.2) is 0 Å². The molecular formula is C8H19NO. The summed E-state index contributed by atoms with van der Waals surface area (Å²) in [5.41, 5.74) is 5.54. The highest BCUT2D eigenvalue weighted by atomic mass is 16.5. The van der Waals surface area contributed by atoms with Gasteiger partial charge in [-0.25, -0.2) is 0 Å². The van der Waals surface area contributed by atoms with Gasteiger partial charge in [-0.2, -0.15) is 0 Å². The number of hydrogen-bond donors (Lipinski definition) is 1. The zero-order valence-electron chi connectivity index (χ0n) is 7.10. The van der Waals surface area contributed by atoms with Crippen LogP contribution in [0.5, 0.6) is 0 Å². The molecule has 0 amide bonds. The van der Waals surface area contributed by atoms with E-state index in [0.29, 0.717) is 5.92 Å². The Balaban J connectivity index is 3.21. The number of rotatable bonds is 6. The van der Waals surface area contributed by atoms with E-state index in [1.807, 2.05) is 0 Å². The molecule has 0 aromatic heterocycles. The molecule has 0 radical (unpaired) electrons. The van der Waals surface area contributed by atoms with Crippen LogP contribution >= 0.6 is 0 Å². The van der Waals surface area contributed by atoms with Crippen LogP contribution in [0.3, 0.4) is 0 Å². The van der Waals surface area contributed by atoms with Gasteiger partial charge >= 0.3 is 0 Å². The molecule has 0 spiro atoms. The minimum atomic E-state index is 0.671. The lowest BCUT2D eigenvalue weighted by Gasteiger charge is -2.11. The smallest absolute Gasteiger partial charge is 0.0465 e. The monoisotopic (exact) mass is 145 g/mol. The molecular weight excluding hydrogens is 126 g/mol. The van der Waals surface area contributed by atoms with E-state index >= 15 is 0 Å². The van der Waals surface area contributed by atoms with E-state index in [-0.39, 0.29) is 0 Å². The van der Waals surface area contributed by atoms with Gasteiger partial charge in [-0.3, -0.25) is 0 Å². The molecule has 0 aliphatic carbocycles. The second kappa shape index (κ2) is 7.03. The van der Waals surface area contributed by atoms with Crippen molar-refractivity contribution >= 4 is 0 Å². The van der Waals surface area contributed by atoms with Gasteiger partial charge in [0.2, 0.25) is 0 Å². The summed E-state index contributed by atoms with van der Waals surface area (Å²) in [6.45, 7) is 3.84. The first kappa shape index (κ1) is 9.92. The summed E-state index contributed by atoms with van der Waals surface area (Å²) in [4.78, 5) is 0. The van der Waals surface area contributed by atoms with Crippen LogP contribution in [0.1, 0.15) is 26.2 Å². The number of methoxy groups -OCH3 is 1. The SMILES string of the molecule is CCCC(CN)CCOC. The van der Waals surface area contributed by atoms with Crippen molar-refractivity contribution in [3.05, 3.63) is 0 Å². The van der Waals surface area contributed by atoms with E-state index in [2.05, 4.69) is 6.92 Å². The third-order valence-electron chi connectivity index (χ3n) is 1.76. The first-order chi connectivity index (χ1) is 4.85. The predicted molar refractivity (Wildman–Crippen MR) is 43.9 cm³/mol. The number of nitrogens with two attached hydrogens (primary N) is 1. The summed E-state index contributed by atoms with van der Waals surface area (Å²) in [7, 11) is 1.74. The Morgan fingerprint density at radius 2 is 2.10 bits per heavy atom. The Kier molecular flexibility index (Phi) is 6.98. The summed E-state index contributed by atoms with van der Waals surface area (Å²) in [5, 5.41) is 0. The van der Waals surface area contributed by atoms with Crippen molar-refractivity contribution < 1.29 is 4.74 Å². The minimum absolute atomic E-state index is 0.671. The molecule has 0 aliphatic rings. The molecule has 2 heteroatoms. The largest absolute Gasteiger partial charge is 0.385 e. The third kappa shape index (κ3) is 4.77. The average Bonchev–Trinajstić information content (AvgIpc) is 1.98. The lowest BCUT2D eigenvalue weighted by Crippen LogP contribution is -2.15. The van der Waals surface area contributed by atoms with E-state index in [1.54, 1.807) is 7.11 Å². The van der Waals surface area contributed by atoms with Gasteiger partial charge in [0.1, 0.15) is 0 Å². The summed E-state index contributed by atoms with van der Waals surface area (Å²) in [6.07, 6.45) is 3.58. The van der Waals surface area contributed by atoms with Crippen molar-refractivity contribution in [2.75, 3.05) is 20.3 Å². The van der Waals surface area contributed by atoms with E-state index < -0.39 is 0 Å². The normalized spacial score (nSPS) is 13.5. The van der Waals surface area contributed by atoms with Crippen LogP contribution in [-0.2, 0) is 4.74 Å². The van der Waals surface area contributed by atoms with Crippen molar-refractivity contribution in [2.24, 2.45) is 11.7 Å². The zero-order chi connectivity index (χ0) is 7.82. The molecule has 0 aromatic carbocycles. The van der Waals surface area contributed by atoms with Gasteiger partial charge in [-0.15, -0.1) is 0 Å². The molecule has 0 fully saturated rings. The fraction of sp³-hybridized carbons (Fsp3) is 1.00. The Labute approximate surface area is 63.7 Å². The lowest BCUT2D eigenvalue weighted by atomic mass is 10.0. The number of hydrogen-bond acceptors (Lipinski definition) is 2. The van der Waals surface area contributed by atoms with E-state index in [1.165, 1.54) is 12.8 Å². The van der Waals surface area contributed by atoms with Crippen LogP contribution in [0.25, 0.3) is 0 Å². The highest BCUT2D eigenvalue weighted by molar-refractivity contribution is 4.58. The molecule has 2 N–H and O–H groups in total. The molecule has 1 unspecified atom stereocenters. The van der Waals surface area contributed by atoms with E-state index in [9.17, 15) is 0 Å². The van der Waals surface area contributed by atoms with Crippen LogP contribution in [0.2, 0.25) is 0 Å². The van der Waals surface area contributed by atoms with Crippen LogP contribution < -0.4 is 5.73 Å². The van der Waals surface area contributed by atoms with Gasteiger partial charge in [0.05, 0.1) is 0 Å². The molecule has 0 aromatic rings. The highest BCUT2D eigenvalue weighted by Crippen LogP contribution is 2.08. The molecule has 0 bridgehead atoms. The first-order valence-corrected chi connectivity index (χ1v) is 4.04. The van der Waals surface area contributed by atoms with E-state index in [4.69, 9.17) is 10.5 Å². The number of ether oxygens (including phenoxy) is 1. The van der Waals surface area contributed by atoms with Crippen molar-refractivity contribution in [3.63, 3.8) is 0 Å². The summed E-state index contributed by atoms with van der Waals surface area (Å²) in [5.74, 6) is 0.671. The zero-order valence-corrected chi connectivity index (χ0v) is 7.10. The predicted octanol–water partition coefficient (Wildman–Crippen LogP) is 1.40. The van der Waals surface area contributed by atoms with E-state index in [0.717, 1.165) is 19.6 Å². The van der Waals surface area contributed by atoms with Crippen molar-refractivity contribution in [2.45, 2.75) is 26.2 Å². The maximum Gasteiger partial charge on any atom is 0.0465 e. The van der Waals surface area contributed by atoms with Gasteiger partial charge in [0, 0.05) is 13.7 Å². The maximum atomic E-state index is 5.54. The summed E-state index contributed by atoms with van der Waals surface area (Å²) in [6, 6.07) is 0. The Hall–Kier alpha value is -0.0800. The molecule has 1 atom stereocenters. The second-order valence-electron chi connectivity index (χ2n) is 2.67. The maximum absolute atomic E-state index is 5.54. The molecule has 0 heterocycles. The lowest BCUT2D eigenvalue weighted by molar-refractivity contribution is 0.176. The third-order valence-corrected chi connectivity index (χ3v) is 1.76. The van der Waals surface area contributed by atoms with Crippen molar-refractivity contribution in [1.82, 2.24) is 0 Å². The van der Waals surface area contributed by atoms with Crippen LogP contribution in [0, 0.1) is 5.92 Å². The van der Waals surface area contributed by atoms with Crippen molar-refractivity contribution in [3.8, 4) is 0 Å². The minimum Gasteiger partial charge on any atom is -0.385 e. The van der Waals surface area contributed by atoms with Crippen LogP contribution in [0.4, 0.5) is 0 Å². The summed E-state index contributed by atoms with van der Waals surface area (Å²) >= 11 is 0. The molecule has 62 valence electrons. The highest BCUT2D eigenvalue weighted by Gasteiger charge is 2.03. The molecule has 0 aliphatic heterocycles. The van der Waals surface area contributed by atoms with Gasteiger partial charge in [0.15, 0.2) is 0 Å². The Morgan fingerprint density at radius 3 is 2.50 bits per heavy atom. The van der Waals surface area contributed by atoms with Crippen molar-refractivity contribution in [1.29, 1.82) is 0 Å².